The van der Waals surface area contributed by atoms with Crippen LogP contribution in [0.1, 0.15) is 32.1 Å². The molecule has 0 aromatic carbocycles. The summed E-state index contributed by atoms with van der Waals surface area (Å²) in [4.78, 5) is 26.3. The SMILES string of the molecule is N=C(CC(N)=O)N1CCN(C2CCC(CN)CC2)C(=O)C1=N. The van der Waals surface area contributed by atoms with Gasteiger partial charge in [0.1, 0.15) is 5.84 Å². The summed E-state index contributed by atoms with van der Waals surface area (Å²) in [6, 6.07) is 0.156. The molecule has 2 amide bonds. The van der Waals surface area contributed by atoms with E-state index in [2.05, 4.69) is 0 Å². The van der Waals surface area contributed by atoms with Gasteiger partial charge in [-0.2, -0.15) is 0 Å². The highest BCUT2D eigenvalue weighted by Crippen LogP contribution is 2.28. The third-order valence-electron chi connectivity index (χ3n) is 4.56. The minimum Gasteiger partial charge on any atom is -0.369 e. The molecule has 122 valence electrons. The highest BCUT2D eigenvalue weighted by Gasteiger charge is 2.36. The molecule has 1 aliphatic heterocycles. The first-order valence-electron chi connectivity index (χ1n) is 7.66. The number of primary amides is 1. The number of amidine groups is 2. The van der Waals surface area contributed by atoms with Crippen LogP contribution in [0.4, 0.5) is 0 Å². The average Bonchev–Trinajstić information content (AvgIpc) is 2.49. The highest BCUT2D eigenvalue weighted by molar-refractivity contribution is 6.40. The predicted octanol–water partition coefficient (Wildman–Crippen LogP) is -0.522. The molecule has 2 fully saturated rings. The number of hydrogen-bond acceptors (Lipinski definition) is 5. The molecule has 0 aromatic heterocycles. The van der Waals surface area contributed by atoms with Crippen molar-refractivity contribution in [3.8, 4) is 0 Å². The van der Waals surface area contributed by atoms with E-state index in [1.54, 1.807) is 4.90 Å². The number of nitrogens with one attached hydrogen (secondary N) is 2. The van der Waals surface area contributed by atoms with Crippen molar-refractivity contribution in [1.82, 2.24) is 9.80 Å². The molecule has 8 nitrogen and oxygen atoms in total. The van der Waals surface area contributed by atoms with Gasteiger partial charge in [0, 0.05) is 19.1 Å². The Morgan fingerprint density at radius 1 is 1.23 bits per heavy atom. The summed E-state index contributed by atoms with van der Waals surface area (Å²) < 4.78 is 0. The van der Waals surface area contributed by atoms with Gasteiger partial charge in [-0.1, -0.05) is 0 Å². The van der Waals surface area contributed by atoms with Gasteiger partial charge in [-0.05, 0) is 38.1 Å². The van der Waals surface area contributed by atoms with Crippen molar-refractivity contribution in [2.45, 2.75) is 38.1 Å². The van der Waals surface area contributed by atoms with Gasteiger partial charge in [0.2, 0.25) is 5.91 Å². The smallest absolute Gasteiger partial charge is 0.289 e. The summed E-state index contributed by atoms with van der Waals surface area (Å²) in [5, 5.41) is 15.8. The first kappa shape index (κ1) is 16.4. The second-order valence-electron chi connectivity index (χ2n) is 6.00. The molecule has 1 saturated heterocycles. The summed E-state index contributed by atoms with van der Waals surface area (Å²) in [5.41, 5.74) is 10.8. The fraction of sp³-hybridized carbons (Fsp3) is 0.714. The topological polar surface area (TPSA) is 140 Å². The van der Waals surface area contributed by atoms with Gasteiger partial charge in [-0.15, -0.1) is 0 Å². The Labute approximate surface area is 129 Å². The lowest BCUT2D eigenvalue weighted by Gasteiger charge is -2.42. The van der Waals surface area contributed by atoms with Crippen molar-refractivity contribution < 1.29 is 9.59 Å². The van der Waals surface area contributed by atoms with E-state index in [1.807, 2.05) is 0 Å². The van der Waals surface area contributed by atoms with E-state index < -0.39 is 5.91 Å². The molecule has 6 N–H and O–H groups in total. The van der Waals surface area contributed by atoms with Crippen molar-refractivity contribution in [3.63, 3.8) is 0 Å². The third kappa shape index (κ3) is 3.44. The van der Waals surface area contributed by atoms with E-state index in [0.29, 0.717) is 25.6 Å². The molecular weight excluding hydrogens is 284 g/mol. The maximum atomic E-state index is 12.4. The van der Waals surface area contributed by atoms with Crippen molar-refractivity contribution >= 4 is 23.5 Å². The zero-order chi connectivity index (χ0) is 16.3. The molecule has 0 radical (unpaired) electrons. The molecule has 0 aromatic rings. The quantitative estimate of drug-likeness (QED) is 0.409. The molecule has 2 rings (SSSR count). The molecule has 2 aliphatic rings. The summed E-state index contributed by atoms with van der Waals surface area (Å²) in [6.45, 7) is 1.53. The first-order valence-corrected chi connectivity index (χ1v) is 7.66. The maximum absolute atomic E-state index is 12.4. The van der Waals surface area contributed by atoms with Crippen molar-refractivity contribution in [2.75, 3.05) is 19.6 Å². The molecule has 1 aliphatic carbocycles. The summed E-state index contributed by atoms with van der Waals surface area (Å²) in [5.74, 6) is -0.781. The first-order chi connectivity index (χ1) is 10.4. The van der Waals surface area contributed by atoms with Crippen LogP contribution >= 0.6 is 0 Å². The van der Waals surface area contributed by atoms with Crippen molar-refractivity contribution in [3.05, 3.63) is 0 Å². The second kappa shape index (κ2) is 6.87. The van der Waals surface area contributed by atoms with Gasteiger partial charge >= 0.3 is 0 Å². The number of hydrogen-bond donors (Lipinski definition) is 4. The largest absolute Gasteiger partial charge is 0.369 e. The van der Waals surface area contributed by atoms with E-state index in [9.17, 15) is 9.59 Å². The highest BCUT2D eigenvalue weighted by atomic mass is 16.2. The van der Waals surface area contributed by atoms with Crippen molar-refractivity contribution in [1.29, 1.82) is 10.8 Å². The summed E-state index contributed by atoms with van der Waals surface area (Å²) >= 11 is 0. The van der Waals surface area contributed by atoms with Crippen LogP contribution in [-0.2, 0) is 9.59 Å². The Bertz CT molecular complexity index is 484. The molecule has 1 saturated carbocycles. The fourth-order valence-corrected chi connectivity index (χ4v) is 3.24. The van der Waals surface area contributed by atoms with Crippen LogP contribution < -0.4 is 11.5 Å². The Kier molecular flexibility index (Phi) is 5.12. The van der Waals surface area contributed by atoms with Crippen LogP contribution in [-0.4, -0.2) is 59.0 Å². The van der Waals surface area contributed by atoms with Crippen LogP contribution in [0.25, 0.3) is 0 Å². The lowest BCUT2D eigenvalue weighted by Crippen LogP contribution is -2.59. The number of carbonyl (C=O) groups excluding carboxylic acids is 2. The Hall–Kier alpha value is -1.96. The molecule has 0 spiro atoms. The molecule has 1 heterocycles. The van der Waals surface area contributed by atoms with Crippen molar-refractivity contribution in [2.24, 2.45) is 17.4 Å². The van der Waals surface area contributed by atoms with Gasteiger partial charge in [0.05, 0.1) is 6.42 Å². The third-order valence-corrected chi connectivity index (χ3v) is 4.56. The van der Waals surface area contributed by atoms with E-state index >= 15 is 0 Å². The number of carbonyl (C=O) groups is 2. The van der Waals surface area contributed by atoms with E-state index in [4.69, 9.17) is 22.3 Å². The Morgan fingerprint density at radius 2 is 1.86 bits per heavy atom. The fourth-order valence-electron chi connectivity index (χ4n) is 3.24. The Morgan fingerprint density at radius 3 is 2.41 bits per heavy atom. The minimum absolute atomic E-state index is 0.0858. The van der Waals surface area contributed by atoms with Crippen LogP contribution in [0.15, 0.2) is 0 Å². The van der Waals surface area contributed by atoms with Gasteiger partial charge < -0.3 is 21.3 Å². The van der Waals surface area contributed by atoms with Gasteiger partial charge in [0.15, 0.2) is 5.84 Å². The lowest BCUT2D eigenvalue weighted by atomic mass is 9.85. The average molecular weight is 308 g/mol. The van der Waals surface area contributed by atoms with Gasteiger partial charge in [-0.25, -0.2) is 0 Å². The van der Waals surface area contributed by atoms with Crippen LogP contribution in [0.3, 0.4) is 0 Å². The number of nitrogens with two attached hydrogens (primary N) is 2. The van der Waals surface area contributed by atoms with Crippen LogP contribution in [0.5, 0.6) is 0 Å². The zero-order valence-corrected chi connectivity index (χ0v) is 12.7. The summed E-state index contributed by atoms with van der Waals surface area (Å²) in [7, 11) is 0. The number of amides is 2. The molecule has 8 heteroatoms. The van der Waals surface area contributed by atoms with E-state index in [-0.39, 0.29) is 30.0 Å². The monoisotopic (exact) mass is 308 g/mol. The number of rotatable bonds is 4. The van der Waals surface area contributed by atoms with E-state index in [1.165, 1.54) is 4.90 Å². The molecule has 0 unspecified atom stereocenters. The van der Waals surface area contributed by atoms with E-state index in [0.717, 1.165) is 25.7 Å². The standard InChI is InChI=1S/C14H24N6O2/c15-8-9-1-3-10(4-2-9)19-5-6-20(13(18)14(19)22)11(16)7-12(17)21/h9-10,16,18H,1-8,15H2,(H2,17,21). The summed E-state index contributed by atoms with van der Waals surface area (Å²) in [6.07, 6.45) is 3.61. The maximum Gasteiger partial charge on any atom is 0.289 e. The number of nitrogens with zero attached hydrogens (tertiary/aromatic N) is 2. The normalized spacial score (nSPS) is 26.2. The van der Waals surface area contributed by atoms with Gasteiger partial charge in [-0.3, -0.25) is 20.4 Å². The Balaban J connectivity index is 1.96. The number of piperazine rings is 1. The molecular formula is C14H24N6O2. The second-order valence-corrected chi connectivity index (χ2v) is 6.00. The lowest BCUT2D eigenvalue weighted by molar-refractivity contribution is -0.129. The van der Waals surface area contributed by atoms with Crippen LogP contribution in [0, 0.1) is 16.7 Å². The molecule has 22 heavy (non-hydrogen) atoms. The van der Waals surface area contributed by atoms with Gasteiger partial charge in [0.25, 0.3) is 5.91 Å². The molecule has 0 atom stereocenters. The minimum atomic E-state index is -0.632. The molecule has 0 bridgehead atoms. The predicted molar refractivity (Wildman–Crippen MR) is 82.5 cm³/mol. The van der Waals surface area contributed by atoms with Crippen LogP contribution in [0.2, 0.25) is 0 Å². The zero-order valence-electron chi connectivity index (χ0n) is 12.7.